The zero-order valence-electron chi connectivity index (χ0n) is 10.7. The highest BCUT2D eigenvalue weighted by atomic mass is 16.2. The number of hydrogen-bond acceptors (Lipinski definition) is 2. The number of carbonyl (C=O) groups excluding carboxylic acids is 1. The van der Waals surface area contributed by atoms with Crippen molar-refractivity contribution in [2.24, 2.45) is 13.0 Å². The van der Waals surface area contributed by atoms with Gasteiger partial charge in [-0.15, -0.1) is 0 Å². The topological polar surface area (TPSA) is 63.1 Å². The number of carbonyl (C=O) groups is 1. The molecular weight excluding hydrogens is 218 g/mol. The third-order valence-electron chi connectivity index (χ3n) is 2.73. The monoisotopic (exact) mass is 237 g/mol. The molecule has 1 atom stereocenters. The normalized spacial score (nSPS) is 12.3. The van der Waals surface area contributed by atoms with E-state index in [0.29, 0.717) is 5.92 Å². The van der Waals surface area contributed by atoms with Gasteiger partial charge in [-0.2, -0.15) is 0 Å². The lowest BCUT2D eigenvalue weighted by Gasteiger charge is -2.17. The van der Waals surface area contributed by atoms with Crippen LogP contribution in [0.1, 0.15) is 20.8 Å². The minimum absolute atomic E-state index is 0.0579. The van der Waals surface area contributed by atoms with Crippen molar-refractivity contribution in [2.45, 2.75) is 26.8 Å². The van der Waals surface area contributed by atoms with Crippen LogP contribution in [0.2, 0.25) is 0 Å². The van der Waals surface area contributed by atoms with Crippen LogP contribution >= 0.6 is 0 Å². The molecule has 2 amide bonds. The van der Waals surface area contributed by atoms with Crippen molar-refractivity contribution in [2.75, 3.05) is 5.32 Å². The van der Waals surface area contributed by atoms with Gasteiger partial charge in [-0.1, -0.05) is 13.8 Å². The summed E-state index contributed by atoms with van der Waals surface area (Å²) in [6.07, 6.45) is 1.64. The highest BCUT2D eigenvalue weighted by Crippen LogP contribution is 2.01. The third-order valence-corrected chi connectivity index (χ3v) is 2.73. The van der Waals surface area contributed by atoms with Gasteiger partial charge in [0.2, 0.25) is 0 Å². The molecule has 1 rings (SSSR count). The summed E-state index contributed by atoms with van der Waals surface area (Å²) in [5.74, 6) is 0.347. The van der Waals surface area contributed by atoms with Crippen molar-refractivity contribution in [3.8, 4) is 0 Å². The Morgan fingerprint density at radius 3 is 2.59 bits per heavy atom. The zero-order valence-corrected chi connectivity index (χ0v) is 10.7. The van der Waals surface area contributed by atoms with Crippen LogP contribution in [-0.2, 0) is 7.05 Å². The van der Waals surface area contributed by atoms with Crippen molar-refractivity contribution in [1.82, 2.24) is 9.88 Å². The Bertz CT molecular complexity index is 451. The van der Waals surface area contributed by atoms with Gasteiger partial charge in [-0.3, -0.25) is 4.79 Å². The zero-order chi connectivity index (χ0) is 13.0. The van der Waals surface area contributed by atoms with E-state index in [4.69, 9.17) is 0 Å². The second-order valence-corrected chi connectivity index (χ2v) is 4.47. The molecule has 0 unspecified atom stereocenters. The van der Waals surface area contributed by atoms with E-state index < -0.39 is 0 Å². The predicted molar refractivity (Wildman–Crippen MR) is 68.1 cm³/mol. The maximum Gasteiger partial charge on any atom is 0.319 e. The molecule has 0 fully saturated rings. The lowest BCUT2D eigenvalue weighted by molar-refractivity contribution is 0.246. The molecule has 0 aliphatic rings. The van der Waals surface area contributed by atoms with Crippen molar-refractivity contribution < 1.29 is 4.79 Å². The van der Waals surface area contributed by atoms with Crippen LogP contribution in [0, 0.1) is 5.92 Å². The number of aromatic nitrogens is 1. The number of hydrogen-bond donors (Lipinski definition) is 2. The molecule has 5 nitrogen and oxygen atoms in total. The van der Waals surface area contributed by atoms with Crippen molar-refractivity contribution >= 4 is 11.7 Å². The van der Waals surface area contributed by atoms with Crippen molar-refractivity contribution in [1.29, 1.82) is 0 Å². The fourth-order valence-electron chi connectivity index (χ4n) is 1.22. The lowest BCUT2D eigenvalue weighted by Crippen LogP contribution is -2.40. The van der Waals surface area contributed by atoms with Gasteiger partial charge < -0.3 is 15.2 Å². The molecule has 0 aliphatic carbocycles. The van der Waals surface area contributed by atoms with Crippen LogP contribution in [0.3, 0.4) is 0 Å². The SMILES string of the molecule is CC(C)[C@@H](C)NC(=O)Nc1cccn(C)c1=O. The number of nitrogens with one attached hydrogen (secondary N) is 2. The van der Waals surface area contributed by atoms with E-state index >= 15 is 0 Å². The molecule has 94 valence electrons. The number of nitrogens with zero attached hydrogens (tertiary/aromatic N) is 1. The molecule has 0 bridgehead atoms. The average Bonchev–Trinajstić information content (AvgIpc) is 2.24. The largest absolute Gasteiger partial charge is 0.335 e. The number of rotatable bonds is 3. The lowest BCUT2D eigenvalue weighted by atomic mass is 10.1. The first-order chi connectivity index (χ1) is 7.91. The summed E-state index contributed by atoms with van der Waals surface area (Å²) in [5, 5.41) is 5.33. The molecule has 1 heterocycles. The minimum atomic E-state index is -0.352. The molecule has 0 saturated heterocycles. The van der Waals surface area contributed by atoms with Crippen LogP contribution in [0.5, 0.6) is 0 Å². The maximum atomic E-state index is 11.6. The number of anilines is 1. The summed E-state index contributed by atoms with van der Waals surface area (Å²) < 4.78 is 1.42. The first-order valence-electron chi connectivity index (χ1n) is 5.65. The van der Waals surface area contributed by atoms with Gasteiger partial charge >= 0.3 is 6.03 Å². The Morgan fingerprint density at radius 1 is 1.35 bits per heavy atom. The van der Waals surface area contributed by atoms with E-state index in [-0.39, 0.29) is 23.3 Å². The molecule has 0 radical (unpaired) electrons. The van der Waals surface area contributed by atoms with E-state index in [0.717, 1.165) is 0 Å². The molecule has 5 heteroatoms. The molecule has 1 aromatic heterocycles. The summed E-state index contributed by atoms with van der Waals surface area (Å²) in [5.41, 5.74) is 0.0586. The fraction of sp³-hybridized carbons (Fsp3) is 0.500. The Hall–Kier alpha value is -1.78. The molecule has 1 aromatic rings. The van der Waals surface area contributed by atoms with Gasteiger partial charge in [0.1, 0.15) is 5.69 Å². The minimum Gasteiger partial charge on any atom is -0.335 e. The highest BCUT2D eigenvalue weighted by Gasteiger charge is 2.11. The van der Waals surface area contributed by atoms with Crippen molar-refractivity contribution in [3.05, 3.63) is 28.7 Å². The molecule has 0 aromatic carbocycles. The summed E-state index contributed by atoms with van der Waals surface area (Å²) in [6.45, 7) is 5.96. The molecule has 0 spiro atoms. The fourth-order valence-corrected chi connectivity index (χ4v) is 1.22. The van der Waals surface area contributed by atoms with Crippen molar-refractivity contribution in [3.63, 3.8) is 0 Å². The van der Waals surface area contributed by atoms with Crippen LogP contribution in [0.15, 0.2) is 23.1 Å². The number of pyridine rings is 1. The number of amides is 2. The van der Waals surface area contributed by atoms with Crippen LogP contribution in [0.25, 0.3) is 0 Å². The molecule has 0 aliphatic heterocycles. The van der Waals surface area contributed by atoms with Gasteiger partial charge in [0, 0.05) is 19.3 Å². The highest BCUT2D eigenvalue weighted by molar-refractivity contribution is 5.89. The first-order valence-corrected chi connectivity index (χ1v) is 5.65. The summed E-state index contributed by atoms with van der Waals surface area (Å²) in [7, 11) is 1.64. The third kappa shape index (κ3) is 3.62. The Labute approximate surface area is 101 Å². The second-order valence-electron chi connectivity index (χ2n) is 4.47. The van der Waals surface area contributed by atoms with Crippen LogP contribution in [-0.4, -0.2) is 16.6 Å². The Kier molecular flexibility index (Phi) is 4.31. The van der Waals surface area contributed by atoms with E-state index in [1.165, 1.54) is 4.57 Å². The van der Waals surface area contributed by atoms with Gasteiger partial charge in [0.15, 0.2) is 0 Å². The molecule has 17 heavy (non-hydrogen) atoms. The average molecular weight is 237 g/mol. The number of urea groups is 1. The van der Waals surface area contributed by atoms with Gasteiger partial charge in [-0.25, -0.2) is 4.79 Å². The van der Waals surface area contributed by atoms with E-state index in [1.54, 1.807) is 25.4 Å². The summed E-state index contributed by atoms with van der Waals surface area (Å²) in [6, 6.07) is 3.00. The first kappa shape index (κ1) is 13.3. The Morgan fingerprint density at radius 2 is 2.00 bits per heavy atom. The quantitative estimate of drug-likeness (QED) is 0.837. The van der Waals surface area contributed by atoms with Crippen LogP contribution < -0.4 is 16.2 Å². The van der Waals surface area contributed by atoms with E-state index in [1.807, 2.05) is 20.8 Å². The van der Waals surface area contributed by atoms with Gasteiger partial charge in [-0.05, 0) is 25.0 Å². The predicted octanol–water partition coefficient (Wildman–Crippen LogP) is 1.55. The van der Waals surface area contributed by atoms with E-state index in [2.05, 4.69) is 10.6 Å². The maximum absolute atomic E-state index is 11.6. The van der Waals surface area contributed by atoms with Crippen LogP contribution in [0.4, 0.5) is 10.5 Å². The Balaban J connectivity index is 2.69. The molecule has 0 saturated carbocycles. The van der Waals surface area contributed by atoms with Gasteiger partial charge in [0.25, 0.3) is 5.56 Å². The standard InChI is InChI=1S/C12H19N3O2/c1-8(2)9(3)13-12(17)14-10-6-5-7-15(4)11(10)16/h5-9H,1-4H3,(H2,13,14,17)/t9-/m1/s1. The second kappa shape index (κ2) is 5.52. The molecular formula is C12H19N3O2. The van der Waals surface area contributed by atoms with E-state index in [9.17, 15) is 9.59 Å². The molecule has 2 N–H and O–H groups in total. The summed E-state index contributed by atoms with van der Waals surface area (Å²) >= 11 is 0. The number of aryl methyl sites for hydroxylation is 1. The smallest absolute Gasteiger partial charge is 0.319 e. The van der Waals surface area contributed by atoms with Gasteiger partial charge in [0.05, 0.1) is 0 Å². The summed E-state index contributed by atoms with van der Waals surface area (Å²) in [4.78, 5) is 23.3.